The highest BCUT2D eigenvalue weighted by atomic mass is 16.4. The molecule has 1 aromatic heterocycles. The summed E-state index contributed by atoms with van der Waals surface area (Å²) in [6.07, 6.45) is 0. The first-order valence-electron chi connectivity index (χ1n) is 5.72. The van der Waals surface area contributed by atoms with Crippen LogP contribution in [0.25, 0.3) is 0 Å². The largest absolute Gasteiger partial charge is 0.480 e. The molecule has 4 N–H and O–H groups in total. The monoisotopic (exact) mass is 281 g/mol. The Kier molecular flexibility index (Phi) is 4.63. The minimum absolute atomic E-state index is 0.196. The predicted molar refractivity (Wildman–Crippen MR) is 69.3 cm³/mol. The number of aliphatic carboxylic acids is 1. The quantitative estimate of drug-likeness (QED) is 0.636. The van der Waals surface area contributed by atoms with E-state index in [1.54, 1.807) is 19.9 Å². The Hall–Kier alpha value is -2.64. The second-order valence-electron chi connectivity index (χ2n) is 4.36. The van der Waals surface area contributed by atoms with Gasteiger partial charge in [0.15, 0.2) is 0 Å². The van der Waals surface area contributed by atoms with E-state index in [-0.39, 0.29) is 5.56 Å². The molecule has 1 rings (SSSR count). The first kappa shape index (κ1) is 15.4. The van der Waals surface area contributed by atoms with E-state index in [1.165, 1.54) is 0 Å². The van der Waals surface area contributed by atoms with Gasteiger partial charge in [0, 0.05) is 5.69 Å². The summed E-state index contributed by atoms with van der Waals surface area (Å²) >= 11 is 0. The van der Waals surface area contributed by atoms with Crippen molar-refractivity contribution in [2.75, 3.05) is 13.1 Å². The Morgan fingerprint density at radius 1 is 1.30 bits per heavy atom. The van der Waals surface area contributed by atoms with Gasteiger partial charge in [0.2, 0.25) is 5.91 Å². The van der Waals surface area contributed by atoms with Crippen molar-refractivity contribution in [3.05, 3.63) is 33.2 Å². The smallest absolute Gasteiger partial charge is 0.323 e. The number of pyridine rings is 1. The molecule has 0 aliphatic rings. The van der Waals surface area contributed by atoms with Crippen LogP contribution in [0.2, 0.25) is 0 Å². The third-order valence-electron chi connectivity index (χ3n) is 2.54. The molecule has 0 unspecified atom stereocenters. The second kappa shape index (κ2) is 6.00. The number of carboxylic acids is 1. The number of hydrogen-bond donors (Lipinski definition) is 3. The van der Waals surface area contributed by atoms with Crippen LogP contribution >= 0.6 is 0 Å². The average Bonchev–Trinajstić information content (AvgIpc) is 2.24. The number of carbonyl (C=O) groups is 3. The Morgan fingerprint density at radius 3 is 2.35 bits per heavy atom. The van der Waals surface area contributed by atoms with Gasteiger partial charge >= 0.3 is 5.97 Å². The fourth-order valence-corrected chi connectivity index (χ4v) is 1.83. The molecule has 1 heterocycles. The highest BCUT2D eigenvalue weighted by Gasteiger charge is 2.24. The van der Waals surface area contributed by atoms with Crippen LogP contribution in [0.15, 0.2) is 10.9 Å². The lowest BCUT2D eigenvalue weighted by molar-refractivity contribution is -0.138. The number of aromatic nitrogens is 1. The minimum Gasteiger partial charge on any atom is -0.480 e. The number of H-pyrrole nitrogens is 1. The molecule has 20 heavy (non-hydrogen) atoms. The van der Waals surface area contributed by atoms with Gasteiger partial charge in [0.1, 0.15) is 18.7 Å². The number of aromatic amines is 1. The third-order valence-corrected chi connectivity index (χ3v) is 2.54. The zero-order chi connectivity index (χ0) is 15.4. The van der Waals surface area contributed by atoms with Crippen molar-refractivity contribution in [2.45, 2.75) is 13.8 Å². The fraction of sp³-hybridized carbons (Fsp3) is 0.333. The van der Waals surface area contributed by atoms with E-state index in [2.05, 4.69) is 4.98 Å². The summed E-state index contributed by atoms with van der Waals surface area (Å²) in [7, 11) is 0. The SMILES string of the molecule is Cc1cc(C)c(C(=O)N(CC(N)=O)CC(=O)O)c(=O)[nH]1. The molecule has 0 atom stereocenters. The van der Waals surface area contributed by atoms with Crippen LogP contribution in [0.4, 0.5) is 0 Å². The van der Waals surface area contributed by atoms with Crippen LogP contribution in [-0.4, -0.2) is 45.9 Å². The van der Waals surface area contributed by atoms with Crippen molar-refractivity contribution >= 4 is 17.8 Å². The van der Waals surface area contributed by atoms with Crippen molar-refractivity contribution in [3.63, 3.8) is 0 Å². The van der Waals surface area contributed by atoms with Gasteiger partial charge in [0.25, 0.3) is 11.5 Å². The molecule has 108 valence electrons. The van der Waals surface area contributed by atoms with E-state index in [0.717, 1.165) is 4.90 Å². The maximum absolute atomic E-state index is 12.2. The Bertz CT molecular complexity index is 604. The topological polar surface area (TPSA) is 134 Å². The molecule has 0 spiro atoms. The molecule has 0 saturated carbocycles. The van der Waals surface area contributed by atoms with Gasteiger partial charge in [-0.25, -0.2) is 0 Å². The Labute approximate surface area is 114 Å². The number of nitrogens with two attached hydrogens (primary N) is 1. The molecule has 0 bridgehead atoms. The Balaban J connectivity index is 3.21. The molecule has 0 radical (unpaired) electrons. The van der Waals surface area contributed by atoms with Crippen molar-refractivity contribution in [1.82, 2.24) is 9.88 Å². The first-order chi connectivity index (χ1) is 9.22. The van der Waals surface area contributed by atoms with Gasteiger partial charge in [-0.1, -0.05) is 0 Å². The maximum Gasteiger partial charge on any atom is 0.323 e. The van der Waals surface area contributed by atoms with Gasteiger partial charge in [-0.3, -0.25) is 19.2 Å². The summed E-state index contributed by atoms with van der Waals surface area (Å²) in [6.45, 7) is 1.92. The van der Waals surface area contributed by atoms with Crippen molar-refractivity contribution < 1.29 is 19.5 Å². The van der Waals surface area contributed by atoms with Crippen molar-refractivity contribution in [2.24, 2.45) is 5.73 Å². The molecule has 2 amide bonds. The van der Waals surface area contributed by atoms with Crippen molar-refractivity contribution in [3.8, 4) is 0 Å². The highest BCUT2D eigenvalue weighted by molar-refractivity contribution is 5.98. The van der Waals surface area contributed by atoms with Crippen LogP contribution in [0.1, 0.15) is 21.6 Å². The second-order valence-corrected chi connectivity index (χ2v) is 4.36. The first-order valence-corrected chi connectivity index (χ1v) is 5.72. The number of nitrogens with zero attached hydrogens (tertiary/aromatic N) is 1. The van der Waals surface area contributed by atoms with Crippen LogP contribution in [0.5, 0.6) is 0 Å². The molecule has 0 saturated heterocycles. The van der Waals surface area contributed by atoms with Gasteiger partial charge in [-0.15, -0.1) is 0 Å². The fourth-order valence-electron chi connectivity index (χ4n) is 1.83. The summed E-state index contributed by atoms with van der Waals surface area (Å²) in [6, 6.07) is 1.58. The molecule has 8 nitrogen and oxygen atoms in total. The van der Waals surface area contributed by atoms with Gasteiger partial charge < -0.3 is 20.7 Å². The van der Waals surface area contributed by atoms with Gasteiger partial charge in [-0.2, -0.15) is 0 Å². The summed E-state index contributed by atoms with van der Waals surface area (Å²) < 4.78 is 0. The standard InChI is InChI=1S/C12H15N3O5/c1-6-3-7(2)14-11(19)10(6)12(20)15(4-8(13)16)5-9(17)18/h3H,4-5H2,1-2H3,(H2,13,16)(H,14,19)(H,17,18). The van der Waals surface area contributed by atoms with Crippen LogP contribution in [-0.2, 0) is 9.59 Å². The number of primary amides is 1. The number of carboxylic acid groups (broad SMARTS) is 1. The van der Waals surface area contributed by atoms with E-state index in [0.29, 0.717) is 11.3 Å². The van der Waals surface area contributed by atoms with Crippen LogP contribution in [0, 0.1) is 13.8 Å². The lowest BCUT2D eigenvalue weighted by atomic mass is 10.1. The Morgan fingerprint density at radius 2 is 1.90 bits per heavy atom. The zero-order valence-corrected chi connectivity index (χ0v) is 11.1. The normalized spacial score (nSPS) is 10.1. The van der Waals surface area contributed by atoms with Gasteiger partial charge in [0.05, 0.1) is 0 Å². The number of rotatable bonds is 5. The summed E-state index contributed by atoms with van der Waals surface area (Å²) in [4.78, 5) is 48.8. The molecule has 0 aliphatic carbocycles. The number of nitrogens with one attached hydrogen (secondary N) is 1. The molecule has 0 aromatic carbocycles. The summed E-state index contributed by atoms with van der Waals surface area (Å²) in [5.41, 5.74) is 5.12. The number of hydrogen-bond acceptors (Lipinski definition) is 4. The van der Waals surface area contributed by atoms with E-state index in [9.17, 15) is 19.2 Å². The molecule has 0 fully saturated rings. The highest BCUT2D eigenvalue weighted by Crippen LogP contribution is 2.07. The number of amides is 2. The molecule has 0 aliphatic heterocycles. The minimum atomic E-state index is -1.30. The van der Waals surface area contributed by atoms with Crippen LogP contribution in [0.3, 0.4) is 0 Å². The van der Waals surface area contributed by atoms with E-state index < -0.39 is 36.4 Å². The van der Waals surface area contributed by atoms with E-state index in [1.807, 2.05) is 0 Å². The van der Waals surface area contributed by atoms with Crippen LogP contribution < -0.4 is 11.3 Å². The molecule has 8 heteroatoms. The molecule has 1 aromatic rings. The molecular weight excluding hydrogens is 266 g/mol. The van der Waals surface area contributed by atoms with Crippen molar-refractivity contribution in [1.29, 1.82) is 0 Å². The molecular formula is C12H15N3O5. The van der Waals surface area contributed by atoms with E-state index in [4.69, 9.17) is 10.8 Å². The average molecular weight is 281 g/mol. The summed E-state index contributed by atoms with van der Waals surface area (Å²) in [5.74, 6) is -3.01. The van der Waals surface area contributed by atoms with Gasteiger partial charge in [-0.05, 0) is 25.5 Å². The third kappa shape index (κ3) is 3.67. The number of aryl methyl sites for hydroxylation is 2. The summed E-state index contributed by atoms with van der Waals surface area (Å²) in [5, 5.41) is 8.74. The predicted octanol–water partition coefficient (Wildman–Crippen LogP) is -0.996. The maximum atomic E-state index is 12.2. The lowest BCUT2D eigenvalue weighted by Gasteiger charge is -2.19. The number of carbonyl (C=O) groups excluding carboxylic acids is 2. The zero-order valence-electron chi connectivity index (χ0n) is 11.1. The lowest BCUT2D eigenvalue weighted by Crippen LogP contribution is -2.43. The van der Waals surface area contributed by atoms with E-state index >= 15 is 0 Å².